The van der Waals surface area contributed by atoms with Crippen LogP contribution in [0.25, 0.3) is 11.8 Å². The lowest BCUT2D eigenvalue weighted by atomic mass is 10.0. The summed E-state index contributed by atoms with van der Waals surface area (Å²) >= 11 is 0. The lowest BCUT2D eigenvalue weighted by molar-refractivity contribution is 0.580. The molecule has 0 unspecified atom stereocenters. The minimum Gasteiger partial charge on any atom is -0.334 e. The third-order valence-corrected chi connectivity index (χ3v) is 5.30. The Balaban J connectivity index is 1.47. The molecule has 0 spiro atoms. The van der Waals surface area contributed by atoms with E-state index in [4.69, 9.17) is 0 Å². The first-order valence-electron chi connectivity index (χ1n) is 10.6. The van der Waals surface area contributed by atoms with Crippen molar-refractivity contribution in [3.05, 3.63) is 94.7 Å². The number of hydrogen-bond donors (Lipinski definition) is 2. The Labute approximate surface area is 178 Å². The number of anilines is 1. The van der Waals surface area contributed by atoms with Crippen LogP contribution in [0.1, 0.15) is 19.0 Å². The van der Waals surface area contributed by atoms with Gasteiger partial charge in [0.15, 0.2) is 0 Å². The molecule has 2 aliphatic carbocycles. The number of hydrogen-bond acceptors (Lipinski definition) is 2. The second-order valence-electron chi connectivity index (χ2n) is 7.45. The maximum atomic E-state index is 3.57. The summed E-state index contributed by atoms with van der Waals surface area (Å²) in [6, 6.07) is 15.2. The van der Waals surface area contributed by atoms with Crippen LogP contribution in [0.15, 0.2) is 78.4 Å². The molecule has 1 aromatic heterocycles. The molecule has 0 radical (unpaired) electrons. The van der Waals surface area contributed by atoms with Crippen LogP contribution in [0, 0.1) is 17.9 Å². The van der Waals surface area contributed by atoms with Crippen LogP contribution in [0.2, 0.25) is 0 Å². The predicted octanol–water partition coefficient (Wildman–Crippen LogP) is 3.31. The molecule has 1 heterocycles. The monoisotopic (exact) mass is 393 g/mol. The number of fused-ring (bicyclic) bond motifs is 1. The fourth-order valence-corrected chi connectivity index (χ4v) is 3.69. The average Bonchev–Trinajstić information content (AvgIpc) is 3.00. The number of nitrogens with one attached hydrogen (secondary N) is 2. The molecule has 30 heavy (non-hydrogen) atoms. The van der Waals surface area contributed by atoms with Crippen LogP contribution in [0.3, 0.4) is 0 Å². The highest BCUT2D eigenvalue weighted by atomic mass is 15.0. The van der Waals surface area contributed by atoms with Crippen molar-refractivity contribution in [2.24, 2.45) is 5.92 Å². The van der Waals surface area contributed by atoms with E-state index < -0.39 is 0 Å². The molecule has 1 aromatic carbocycles. The van der Waals surface area contributed by atoms with E-state index in [9.17, 15) is 0 Å². The molecule has 3 nitrogen and oxygen atoms in total. The third-order valence-electron chi connectivity index (χ3n) is 5.30. The van der Waals surface area contributed by atoms with Gasteiger partial charge in [0.25, 0.3) is 0 Å². The summed E-state index contributed by atoms with van der Waals surface area (Å²) in [5.74, 6) is 3.84. The zero-order valence-electron chi connectivity index (χ0n) is 17.4. The zero-order chi connectivity index (χ0) is 20.6. The lowest BCUT2D eigenvalue weighted by Crippen LogP contribution is -2.27. The van der Waals surface area contributed by atoms with Gasteiger partial charge in [0.1, 0.15) is 0 Å². The molecule has 2 N–H and O–H groups in total. The molecule has 2 aromatic rings. The van der Waals surface area contributed by atoms with Crippen LogP contribution in [-0.4, -0.2) is 17.7 Å². The van der Waals surface area contributed by atoms with E-state index in [0.717, 1.165) is 48.0 Å². The van der Waals surface area contributed by atoms with Gasteiger partial charge < -0.3 is 15.2 Å². The summed E-state index contributed by atoms with van der Waals surface area (Å²) in [5.41, 5.74) is 6.70. The summed E-state index contributed by atoms with van der Waals surface area (Å²) in [4.78, 5) is 0. The van der Waals surface area contributed by atoms with Gasteiger partial charge in [0.2, 0.25) is 0 Å². The standard InChI is InChI=1S/C27H27N3/c1-2-30-26(17-18-29-25-11-7-4-8-12-25)19-24-15-13-23(14-16-27(24)30)21-28-20-22-9-5-3-6-10-22/h3-9,11-14,16,19,22,28-29H,2,10,20-21H2,1H3/t22-/m0/s1. The first-order chi connectivity index (χ1) is 14.8. The summed E-state index contributed by atoms with van der Waals surface area (Å²) in [7, 11) is 0. The normalized spacial score (nSPS) is 16.4. The zero-order valence-corrected chi connectivity index (χ0v) is 17.4. The third kappa shape index (κ3) is 4.93. The minimum absolute atomic E-state index is 0.589. The Morgan fingerprint density at radius 1 is 1.17 bits per heavy atom. The average molecular weight is 394 g/mol. The lowest BCUT2D eigenvalue weighted by Gasteiger charge is -2.13. The molecular formula is C27H27N3. The van der Waals surface area contributed by atoms with E-state index in [0.29, 0.717) is 5.92 Å². The van der Waals surface area contributed by atoms with Crippen LogP contribution in [0.5, 0.6) is 0 Å². The summed E-state index contributed by atoms with van der Waals surface area (Å²) in [6.45, 7) is 4.86. The smallest absolute Gasteiger partial charge is 0.0955 e. The highest BCUT2D eigenvalue weighted by Crippen LogP contribution is 2.10. The summed E-state index contributed by atoms with van der Waals surface area (Å²) in [5, 5.41) is 8.98. The Hall–Kier alpha value is -3.44. The maximum Gasteiger partial charge on any atom is 0.0955 e. The van der Waals surface area contributed by atoms with Crippen molar-refractivity contribution in [3.8, 4) is 12.0 Å². The second kappa shape index (κ2) is 9.85. The van der Waals surface area contributed by atoms with Gasteiger partial charge in [-0.2, -0.15) is 0 Å². The number of nitrogens with zero attached hydrogens (tertiary/aromatic N) is 1. The molecule has 3 heteroatoms. The van der Waals surface area contributed by atoms with E-state index in [1.165, 1.54) is 5.57 Å². The van der Waals surface area contributed by atoms with Crippen LogP contribution in [-0.2, 0) is 6.54 Å². The van der Waals surface area contributed by atoms with E-state index in [-0.39, 0.29) is 0 Å². The van der Waals surface area contributed by atoms with Gasteiger partial charge in [0, 0.05) is 36.6 Å². The Bertz CT molecular complexity index is 1190. The van der Waals surface area contributed by atoms with Crippen LogP contribution >= 0.6 is 0 Å². The summed E-state index contributed by atoms with van der Waals surface area (Å²) < 4.78 is 2.24. The van der Waals surface area contributed by atoms with Crippen molar-refractivity contribution in [2.45, 2.75) is 19.9 Å². The molecule has 0 saturated heterocycles. The topological polar surface area (TPSA) is 29.0 Å². The molecule has 0 saturated carbocycles. The van der Waals surface area contributed by atoms with E-state index in [1.807, 2.05) is 30.3 Å². The van der Waals surface area contributed by atoms with Gasteiger partial charge in [-0.15, -0.1) is 5.73 Å². The Morgan fingerprint density at radius 2 is 2.07 bits per heavy atom. The number of aromatic nitrogens is 1. The van der Waals surface area contributed by atoms with Crippen molar-refractivity contribution in [1.29, 1.82) is 0 Å². The van der Waals surface area contributed by atoms with Crippen molar-refractivity contribution < 1.29 is 0 Å². The van der Waals surface area contributed by atoms with Crippen molar-refractivity contribution >= 4 is 17.5 Å². The second-order valence-corrected chi connectivity index (χ2v) is 7.45. The van der Waals surface area contributed by atoms with Crippen LogP contribution < -0.4 is 21.2 Å². The molecule has 4 rings (SSSR count). The predicted molar refractivity (Wildman–Crippen MR) is 126 cm³/mol. The maximum absolute atomic E-state index is 3.57. The molecule has 0 aliphatic heterocycles. The van der Waals surface area contributed by atoms with Crippen LogP contribution in [0.4, 0.5) is 5.69 Å². The molecule has 150 valence electrons. The van der Waals surface area contributed by atoms with E-state index >= 15 is 0 Å². The van der Waals surface area contributed by atoms with Gasteiger partial charge >= 0.3 is 0 Å². The fourth-order valence-electron chi connectivity index (χ4n) is 3.69. The van der Waals surface area contributed by atoms with E-state index in [1.54, 1.807) is 0 Å². The number of allylic oxidation sites excluding steroid dienone is 4. The van der Waals surface area contributed by atoms with Gasteiger partial charge in [-0.05, 0) is 61.1 Å². The number of rotatable bonds is 6. The van der Waals surface area contributed by atoms with Crippen molar-refractivity contribution in [1.82, 2.24) is 9.88 Å². The molecule has 0 amide bonds. The number of benzene rings is 1. The highest BCUT2D eigenvalue weighted by molar-refractivity contribution is 5.52. The summed E-state index contributed by atoms with van der Waals surface area (Å²) in [6.07, 6.45) is 16.3. The molecule has 0 bridgehead atoms. The van der Waals surface area contributed by atoms with E-state index in [2.05, 4.69) is 88.4 Å². The van der Waals surface area contributed by atoms with Gasteiger partial charge in [-0.25, -0.2) is 0 Å². The SMILES string of the molecule is CCn1c(C#CNc2ccccc2)cc2c1=CC=C(CNC[C@H]1C=CC=CC1)C=C=2. The molecule has 0 fully saturated rings. The van der Waals surface area contributed by atoms with Gasteiger partial charge in [-0.3, -0.25) is 0 Å². The molecular weight excluding hydrogens is 366 g/mol. The highest BCUT2D eigenvalue weighted by Gasteiger charge is 2.06. The molecule has 1 atom stereocenters. The Morgan fingerprint density at radius 3 is 2.87 bits per heavy atom. The molecule has 2 aliphatic rings. The number of para-hydroxylation sites is 1. The largest absolute Gasteiger partial charge is 0.334 e. The first-order valence-corrected chi connectivity index (χ1v) is 10.6. The first kappa shape index (κ1) is 19.9. The van der Waals surface area contributed by atoms with Gasteiger partial charge in [-0.1, -0.05) is 48.6 Å². The van der Waals surface area contributed by atoms with Crippen molar-refractivity contribution in [3.63, 3.8) is 0 Å². The fraction of sp³-hybridized carbons (Fsp3) is 0.222. The van der Waals surface area contributed by atoms with Crippen molar-refractivity contribution in [2.75, 3.05) is 18.4 Å². The quantitative estimate of drug-likeness (QED) is 0.582. The Kier molecular flexibility index (Phi) is 6.52. The van der Waals surface area contributed by atoms with Gasteiger partial charge in [0.05, 0.1) is 11.0 Å². The minimum atomic E-state index is 0.589.